The Kier molecular flexibility index (Phi) is 3.74. The van der Waals surface area contributed by atoms with E-state index in [4.69, 9.17) is 11.0 Å². The SMILES string of the molecule is N#Cc1nncs1.Nc1nncs1. The van der Waals surface area contributed by atoms with Gasteiger partial charge in [0.2, 0.25) is 10.1 Å². The average Bonchev–Trinajstić information content (AvgIpc) is 2.76. The van der Waals surface area contributed by atoms with Crippen molar-refractivity contribution in [3.63, 3.8) is 0 Å². The summed E-state index contributed by atoms with van der Waals surface area (Å²) in [7, 11) is 0. The molecule has 2 heterocycles. The van der Waals surface area contributed by atoms with Gasteiger partial charge in [0, 0.05) is 0 Å². The Labute approximate surface area is 81.7 Å². The Morgan fingerprint density at radius 2 is 1.92 bits per heavy atom. The van der Waals surface area contributed by atoms with Gasteiger partial charge in [0.15, 0.2) is 0 Å². The summed E-state index contributed by atoms with van der Waals surface area (Å²) in [5.41, 5.74) is 8.24. The molecule has 0 aliphatic rings. The van der Waals surface area contributed by atoms with Crippen LogP contribution in [0.15, 0.2) is 11.0 Å². The minimum Gasteiger partial charge on any atom is -0.374 e. The third kappa shape index (κ3) is 3.55. The Morgan fingerprint density at radius 3 is 2.15 bits per heavy atom. The van der Waals surface area contributed by atoms with Gasteiger partial charge in [-0.2, -0.15) is 5.26 Å². The molecular formula is C5H4N6S2. The summed E-state index contributed by atoms with van der Waals surface area (Å²) < 4.78 is 0. The highest BCUT2D eigenvalue weighted by Crippen LogP contribution is 1.99. The van der Waals surface area contributed by atoms with Crippen molar-refractivity contribution in [2.45, 2.75) is 0 Å². The summed E-state index contributed by atoms with van der Waals surface area (Å²) >= 11 is 2.57. The van der Waals surface area contributed by atoms with Crippen molar-refractivity contribution >= 4 is 27.8 Å². The molecule has 0 aromatic carbocycles. The fourth-order valence-electron chi connectivity index (χ4n) is 0.403. The number of anilines is 1. The van der Waals surface area contributed by atoms with Gasteiger partial charge in [-0.05, 0) is 0 Å². The zero-order chi connectivity index (χ0) is 9.52. The predicted octanol–water partition coefficient (Wildman–Crippen LogP) is 0.530. The van der Waals surface area contributed by atoms with E-state index in [-0.39, 0.29) is 0 Å². The minimum atomic E-state index is 0.417. The van der Waals surface area contributed by atoms with Crippen LogP contribution in [0.1, 0.15) is 5.01 Å². The summed E-state index contributed by atoms with van der Waals surface area (Å²) in [6, 6.07) is 1.85. The Hall–Kier alpha value is -1.59. The Morgan fingerprint density at radius 1 is 1.23 bits per heavy atom. The van der Waals surface area contributed by atoms with E-state index in [2.05, 4.69) is 20.4 Å². The summed E-state index contributed by atoms with van der Waals surface area (Å²) in [6.07, 6.45) is 0. The van der Waals surface area contributed by atoms with E-state index >= 15 is 0 Å². The van der Waals surface area contributed by atoms with Gasteiger partial charge in [0.05, 0.1) is 0 Å². The third-order valence-corrected chi connectivity index (χ3v) is 1.95. The van der Waals surface area contributed by atoms with Crippen LogP contribution in [0.3, 0.4) is 0 Å². The van der Waals surface area contributed by atoms with Crippen LogP contribution in [0.4, 0.5) is 5.13 Å². The van der Waals surface area contributed by atoms with Crippen LogP contribution in [-0.4, -0.2) is 20.4 Å². The molecule has 0 spiro atoms. The Bertz CT molecular complexity index is 360. The summed E-state index contributed by atoms with van der Waals surface area (Å²) in [5.74, 6) is 0. The molecule has 0 saturated carbocycles. The van der Waals surface area contributed by atoms with Crippen molar-refractivity contribution in [2.75, 3.05) is 5.73 Å². The normalized spacial score (nSPS) is 8.23. The first kappa shape index (κ1) is 9.50. The summed E-state index contributed by atoms with van der Waals surface area (Å²) in [6.45, 7) is 0. The smallest absolute Gasteiger partial charge is 0.217 e. The molecule has 8 heteroatoms. The predicted molar refractivity (Wildman–Crippen MR) is 48.9 cm³/mol. The van der Waals surface area contributed by atoms with E-state index in [1.54, 1.807) is 5.51 Å². The maximum absolute atomic E-state index is 8.08. The third-order valence-electron chi connectivity index (χ3n) is 0.833. The standard InChI is InChI=1S/C3HN3S.C2H3N3S/c4-1-3-6-5-2-7-3;3-2-5-4-1-6-2/h2H;1H,(H2,3,5). The quantitative estimate of drug-likeness (QED) is 0.683. The van der Waals surface area contributed by atoms with Crippen LogP contribution in [0.25, 0.3) is 0 Å². The second-order valence-electron chi connectivity index (χ2n) is 1.63. The van der Waals surface area contributed by atoms with E-state index in [9.17, 15) is 0 Å². The van der Waals surface area contributed by atoms with Crippen LogP contribution >= 0.6 is 22.7 Å². The molecular weight excluding hydrogens is 208 g/mol. The molecule has 0 aliphatic heterocycles. The van der Waals surface area contributed by atoms with Gasteiger partial charge in [-0.15, -0.1) is 20.4 Å². The topological polar surface area (TPSA) is 101 Å². The lowest BCUT2D eigenvalue weighted by Gasteiger charge is -1.64. The first-order valence-electron chi connectivity index (χ1n) is 3.01. The van der Waals surface area contributed by atoms with Crippen molar-refractivity contribution in [2.24, 2.45) is 0 Å². The summed E-state index contributed by atoms with van der Waals surface area (Å²) in [4.78, 5) is 0. The number of hydrogen-bond acceptors (Lipinski definition) is 8. The number of nitrogens with zero attached hydrogens (tertiary/aromatic N) is 5. The first-order chi connectivity index (χ1) is 6.33. The van der Waals surface area contributed by atoms with Crippen LogP contribution in [0.2, 0.25) is 0 Å². The van der Waals surface area contributed by atoms with Gasteiger partial charge in [0.25, 0.3) is 0 Å². The molecule has 2 aromatic rings. The average molecular weight is 212 g/mol. The second-order valence-corrected chi connectivity index (χ2v) is 3.33. The fraction of sp³-hybridized carbons (Fsp3) is 0. The number of aromatic nitrogens is 4. The van der Waals surface area contributed by atoms with E-state index in [1.807, 2.05) is 6.07 Å². The summed E-state index contributed by atoms with van der Waals surface area (Å²) in [5, 5.41) is 22.8. The molecule has 6 nitrogen and oxygen atoms in total. The van der Waals surface area contributed by atoms with Crippen molar-refractivity contribution < 1.29 is 0 Å². The highest BCUT2D eigenvalue weighted by Gasteiger charge is 1.86. The highest BCUT2D eigenvalue weighted by molar-refractivity contribution is 7.13. The van der Waals surface area contributed by atoms with Gasteiger partial charge in [-0.25, -0.2) is 0 Å². The van der Waals surface area contributed by atoms with Gasteiger partial charge in [0.1, 0.15) is 17.1 Å². The van der Waals surface area contributed by atoms with Crippen molar-refractivity contribution in [1.29, 1.82) is 5.26 Å². The minimum absolute atomic E-state index is 0.417. The van der Waals surface area contributed by atoms with Crippen LogP contribution < -0.4 is 5.73 Å². The fourth-order valence-corrected chi connectivity index (χ4v) is 1.04. The number of rotatable bonds is 0. The maximum Gasteiger partial charge on any atom is 0.217 e. The van der Waals surface area contributed by atoms with Crippen molar-refractivity contribution in [3.05, 3.63) is 16.0 Å². The van der Waals surface area contributed by atoms with E-state index in [0.29, 0.717) is 10.1 Å². The van der Waals surface area contributed by atoms with Crippen LogP contribution in [-0.2, 0) is 0 Å². The first-order valence-corrected chi connectivity index (χ1v) is 4.76. The van der Waals surface area contributed by atoms with E-state index in [0.717, 1.165) is 0 Å². The largest absolute Gasteiger partial charge is 0.374 e. The molecule has 0 amide bonds. The van der Waals surface area contributed by atoms with Gasteiger partial charge in [-0.1, -0.05) is 22.7 Å². The van der Waals surface area contributed by atoms with Crippen molar-refractivity contribution in [3.8, 4) is 6.07 Å². The van der Waals surface area contributed by atoms with E-state index < -0.39 is 0 Å². The molecule has 0 unspecified atom stereocenters. The van der Waals surface area contributed by atoms with Gasteiger partial charge >= 0.3 is 0 Å². The second kappa shape index (κ2) is 5.13. The molecule has 0 fully saturated rings. The number of hydrogen-bond donors (Lipinski definition) is 1. The molecule has 0 radical (unpaired) electrons. The maximum atomic E-state index is 8.08. The molecule has 2 rings (SSSR count). The lowest BCUT2D eigenvalue weighted by atomic mass is 10.8. The van der Waals surface area contributed by atoms with Crippen molar-refractivity contribution in [1.82, 2.24) is 20.4 Å². The lowest BCUT2D eigenvalue weighted by Crippen LogP contribution is -1.79. The Balaban J connectivity index is 0.000000132. The number of nitriles is 1. The zero-order valence-electron chi connectivity index (χ0n) is 6.28. The van der Waals surface area contributed by atoms with Crippen LogP contribution in [0, 0.1) is 11.3 Å². The molecule has 66 valence electrons. The monoisotopic (exact) mass is 212 g/mol. The van der Waals surface area contributed by atoms with Crippen LogP contribution in [0.5, 0.6) is 0 Å². The molecule has 2 N–H and O–H groups in total. The molecule has 13 heavy (non-hydrogen) atoms. The number of nitrogens with two attached hydrogens (primary N) is 1. The van der Waals surface area contributed by atoms with Gasteiger partial charge < -0.3 is 5.73 Å². The molecule has 2 aromatic heterocycles. The lowest BCUT2D eigenvalue weighted by molar-refractivity contribution is 1.07. The van der Waals surface area contributed by atoms with E-state index in [1.165, 1.54) is 28.2 Å². The zero-order valence-corrected chi connectivity index (χ0v) is 7.92. The highest BCUT2D eigenvalue weighted by atomic mass is 32.1. The molecule has 0 atom stereocenters. The molecule has 0 saturated heterocycles. The van der Waals surface area contributed by atoms with Gasteiger partial charge in [-0.3, -0.25) is 0 Å². The number of nitrogen functional groups attached to an aromatic ring is 1. The molecule has 0 bridgehead atoms. The molecule has 0 aliphatic carbocycles.